The Labute approximate surface area is 99.0 Å². The van der Waals surface area contributed by atoms with Gasteiger partial charge in [0, 0.05) is 24.3 Å². The van der Waals surface area contributed by atoms with Crippen molar-refractivity contribution in [1.82, 2.24) is 15.2 Å². The highest BCUT2D eigenvalue weighted by molar-refractivity contribution is 6.00. The zero-order valence-corrected chi connectivity index (χ0v) is 10.0. The van der Waals surface area contributed by atoms with Crippen molar-refractivity contribution < 1.29 is 9.48 Å². The molecule has 0 saturated carbocycles. The molecule has 1 amide bonds. The zero-order valence-electron chi connectivity index (χ0n) is 10.0. The highest BCUT2D eigenvalue weighted by atomic mass is 16.2. The van der Waals surface area contributed by atoms with E-state index < -0.39 is 0 Å². The van der Waals surface area contributed by atoms with Crippen molar-refractivity contribution in [2.75, 3.05) is 12.1 Å². The molecule has 1 aromatic carbocycles. The fourth-order valence-corrected chi connectivity index (χ4v) is 1.49. The summed E-state index contributed by atoms with van der Waals surface area (Å²) in [5.41, 5.74) is 0.618. The van der Waals surface area contributed by atoms with Crippen molar-refractivity contribution in [2.24, 2.45) is 7.05 Å². The van der Waals surface area contributed by atoms with E-state index in [1.165, 1.54) is 9.80 Å². The van der Waals surface area contributed by atoms with Crippen molar-refractivity contribution in [2.45, 2.75) is 6.92 Å². The van der Waals surface area contributed by atoms with Gasteiger partial charge in [-0.25, -0.2) is 0 Å². The molecular weight excluding hydrogens is 218 g/mol. The van der Waals surface area contributed by atoms with Crippen LogP contribution in [0.3, 0.4) is 0 Å². The summed E-state index contributed by atoms with van der Waals surface area (Å²) in [5.74, 6) is 0.649. The molecule has 0 spiro atoms. The van der Waals surface area contributed by atoms with E-state index in [-0.39, 0.29) is 5.91 Å². The van der Waals surface area contributed by atoms with Crippen LogP contribution in [0.4, 0.5) is 0 Å². The highest BCUT2D eigenvalue weighted by Crippen LogP contribution is 2.02. The first-order valence-electron chi connectivity index (χ1n) is 5.23. The van der Waals surface area contributed by atoms with Gasteiger partial charge in [0.15, 0.2) is 5.21 Å². The highest BCUT2D eigenvalue weighted by Gasteiger charge is 2.23. The van der Waals surface area contributed by atoms with E-state index in [4.69, 9.17) is 0 Å². The van der Waals surface area contributed by atoms with Crippen LogP contribution in [0.15, 0.2) is 30.3 Å². The third kappa shape index (κ3) is 2.01. The monoisotopic (exact) mass is 232 g/mol. The Morgan fingerprint density at radius 1 is 1.35 bits per heavy atom. The molecule has 0 saturated heterocycles. The summed E-state index contributed by atoms with van der Waals surface area (Å²) < 4.78 is 1.61. The van der Waals surface area contributed by atoms with Crippen LogP contribution in [0, 0.1) is 6.92 Å². The number of carbonyl (C=O) groups excluding carboxylic acids is 1. The third-order valence-corrected chi connectivity index (χ3v) is 2.62. The quantitative estimate of drug-likeness (QED) is 0.675. The van der Waals surface area contributed by atoms with Crippen LogP contribution < -0.4 is 9.69 Å². The summed E-state index contributed by atoms with van der Waals surface area (Å²) in [6, 6.07) is 9.07. The second kappa shape index (κ2) is 4.32. The van der Waals surface area contributed by atoms with Gasteiger partial charge in [-0.15, -0.1) is 4.68 Å². The molecule has 0 N–H and O–H groups in total. The topological polar surface area (TPSA) is 54.9 Å². The molecule has 6 heteroatoms. The van der Waals surface area contributed by atoms with Crippen molar-refractivity contribution in [3.05, 3.63) is 41.7 Å². The lowest BCUT2D eigenvalue weighted by Crippen LogP contribution is -2.41. The van der Waals surface area contributed by atoms with E-state index in [1.54, 1.807) is 30.9 Å². The van der Waals surface area contributed by atoms with Crippen LogP contribution >= 0.6 is 0 Å². The summed E-state index contributed by atoms with van der Waals surface area (Å²) in [7, 11) is 3.44. The van der Waals surface area contributed by atoms with Gasteiger partial charge in [-0.05, 0) is 12.1 Å². The first kappa shape index (κ1) is 11.3. The molecule has 2 aromatic rings. The van der Waals surface area contributed by atoms with E-state index in [1.807, 2.05) is 25.1 Å². The number of aromatic nitrogens is 4. The van der Waals surface area contributed by atoms with E-state index in [0.29, 0.717) is 5.56 Å². The van der Waals surface area contributed by atoms with Crippen LogP contribution in [0.2, 0.25) is 0 Å². The van der Waals surface area contributed by atoms with Crippen molar-refractivity contribution in [3.63, 3.8) is 0 Å². The smallest absolute Gasteiger partial charge is 0.266 e. The number of aryl methyl sites for hydroxylation is 1. The fraction of sp³-hybridized carbons (Fsp3) is 0.273. The molecule has 0 aliphatic rings. The number of hydrogen-bond acceptors (Lipinski definition) is 3. The van der Waals surface area contributed by atoms with Gasteiger partial charge in [0.1, 0.15) is 5.21 Å². The molecule has 2 rings (SSSR count). The van der Waals surface area contributed by atoms with Crippen molar-refractivity contribution in [1.29, 1.82) is 0 Å². The second-order valence-corrected chi connectivity index (χ2v) is 3.73. The van der Waals surface area contributed by atoms with Crippen LogP contribution in [0.5, 0.6) is 0 Å². The number of carbonyl (C=O) groups is 1. The van der Waals surface area contributed by atoms with E-state index in [0.717, 1.165) is 5.82 Å². The number of tetrazole rings is 1. The average Bonchev–Trinajstić information content (AvgIpc) is 2.69. The van der Waals surface area contributed by atoms with Crippen LogP contribution in [-0.2, 0) is 7.05 Å². The molecule has 0 radical (unpaired) electrons. The molecule has 0 fully saturated rings. The predicted molar refractivity (Wildman–Crippen MR) is 60.8 cm³/mol. The molecule has 88 valence electrons. The van der Waals surface area contributed by atoms with Gasteiger partial charge < -0.3 is 0 Å². The predicted octanol–water partition coefficient (Wildman–Crippen LogP) is -0.181. The van der Waals surface area contributed by atoms with Crippen LogP contribution in [0.1, 0.15) is 16.2 Å². The standard InChI is InChI=1S/C11H14N5O/c1-9-14(2)12-13-16(9)15(3)11(17)10-7-5-4-6-8-10/h4-8H,1-3H3/q+1. The molecule has 17 heavy (non-hydrogen) atoms. The van der Waals surface area contributed by atoms with Gasteiger partial charge in [-0.3, -0.25) is 4.79 Å². The zero-order chi connectivity index (χ0) is 12.4. The first-order valence-corrected chi connectivity index (χ1v) is 5.23. The van der Waals surface area contributed by atoms with Gasteiger partial charge in [0.2, 0.25) is 0 Å². The summed E-state index contributed by atoms with van der Waals surface area (Å²) in [6.45, 7) is 1.84. The molecule has 0 unspecified atom stereocenters. The SMILES string of the molecule is Cc1n(N(C)C(=O)c2ccccc2)nn[n+]1C. The van der Waals surface area contributed by atoms with Crippen LogP contribution in [-0.4, -0.2) is 28.2 Å². The minimum Gasteiger partial charge on any atom is -0.266 e. The molecule has 0 bridgehead atoms. The minimum atomic E-state index is -0.126. The first-order chi connectivity index (χ1) is 8.11. The number of nitrogens with zero attached hydrogens (tertiary/aromatic N) is 5. The normalized spacial score (nSPS) is 10.3. The summed E-state index contributed by atoms with van der Waals surface area (Å²) in [5, 5.41) is 9.17. The lowest BCUT2D eigenvalue weighted by Gasteiger charge is -2.10. The molecule has 6 nitrogen and oxygen atoms in total. The Bertz CT molecular complexity index is 534. The Morgan fingerprint density at radius 3 is 2.53 bits per heavy atom. The van der Waals surface area contributed by atoms with Crippen molar-refractivity contribution in [3.8, 4) is 0 Å². The van der Waals surface area contributed by atoms with E-state index in [9.17, 15) is 4.79 Å². The Balaban J connectivity index is 2.30. The number of hydrogen-bond donors (Lipinski definition) is 0. The molecule has 1 heterocycles. The van der Waals surface area contributed by atoms with E-state index >= 15 is 0 Å². The average molecular weight is 232 g/mol. The Hall–Kier alpha value is -2.24. The van der Waals surface area contributed by atoms with Gasteiger partial charge in [0.25, 0.3) is 11.7 Å². The molecule has 0 aliphatic carbocycles. The fourth-order valence-electron chi connectivity index (χ4n) is 1.49. The van der Waals surface area contributed by atoms with Crippen molar-refractivity contribution >= 4 is 5.91 Å². The molecular formula is C11H14N5O+. The third-order valence-electron chi connectivity index (χ3n) is 2.62. The number of rotatable bonds is 2. The maximum atomic E-state index is 12.1. The maximum Gasteiger partial charge on any atom is 0.285 e. The van der Waals surface area contributed by atoms with Gasteiger partial charge in [-0.2, -0.15) is 5.01 Å². The lowest BCUT2D eigenvalue weighted by molar-refractivity contribution is -0.737. The lowest BCUT2D eigenvalue weighted by atomic mass is 10.2. The summed E-state index contributed by atoms with van der Waals surface area (Å²) in [4.78, 5) is 13.6. The van der Waals surface area contributed by atoms with Gasteiger partial charge in [0.05, 0.1) is 7.05 Å². The molecule has 0 aliphatic heterocycles. The minimum absolute atomic E-state index is 0.126. The summed E-state index contributed by atoms with van der Waals surface area (Å²) >= 11 is 0. The molecule has 1 aromatic heterocycles. The Morgan fingerprint density at radius 2 is 2.00 bits per heavy atom. The van der Waals surface area contributed by atoms with Gasteiger partial charge in [-0.1, -0.05) is 18.2 Å². The summed E-state index contributed by atoms with van der Waals surface area (Å²) in [6.07, 6.45) is 0. The largest absolute Gasteiger partial charge is 0.285 e. The number of benzene rings is 1. The maximum absolute atomic E-state index is 12.1. The molecule has 0 atom stereocenters. The van der Waals surface area contributed by atoms with E-state index in [2.05, 4.69) is 10.4 Å². The van der Waals surface area contributed by atoms with Crippen LogP contribution in [0.25, 0.3) is 0 Å². The number of amides is 1. The Kier molecular flexibility index (Phi) is 2.86. The van der Waals surface area contributed by atoms with Gasteiger partial charge >= 0.3 is 0 Å². The second-order valence-electron chi connectivity index (χ2n) is 3.73.